The number of aryl methyl sites for hydroxylation is 1. The minimum absolute atomic E-state index is 0.107. The third kappa shape index (κ3) is 5.66. The monoisotopic (exact) mass is 374 g/mol. The highest BCUT2D eigenvalue weighted by Gasteiger charge is 2.18. The summed E-state index contributed by atoms with van der Waals surface area (Å²) in [4.78, 5) is 29.9. The second-order valence-corrected chi connectivity index (χ2v) is 7.43. The summed E-state index contributed by atoms with van der Waals surface area (Å²) >= 11 is 1.36. The highest BCUT2D eigenvalue weighted by Crippen LogP contribution is 2.29. The fraction of sp³-hybridized carbons (Fsp3) is 0.450. The molecule has 0 aliphatic heterocycles. The predicted molar refractivity (Wildman–Crippen MR) is 105 cm³/mol. The van der Waals surface area contributed by atoms with E-state index in [4.69, 9.17) is 4.74 Å². The summed E-state index contributed by atoms with van der Waals surface area (Å²) in [5.41, 5.74) is 2.65. The molecule has 1 amide bonds. The quantitative estimate of drug-likeness (QED) is 0.619. The zero-order chi connectivity index (χ0) is 19.1. The lowest BCUT2D eigenvalue weighted by molar-refractivity contribution is -0.145. The van der Waals surface area contributed by atoms with Crippen LogP contribution in [0.2, 0.25) is 0 Å². The van der Waals surface area contributed by atoms with Gasteiger partial charge in [0.25, 0.3) is 0 Å². The molecule has 0 atom stereocenters. The van der Waals surface area contributed by atoms with E-state index in [9.17, 15) is 9.59 Å². The number of carbonyl (C=O) groups excluding carboxylic acids is 2. The van der Waals surface area contributed by atoms with E-state index in [2.05, 4.69) is 25.8 Å². The number of thiazole rings is 1. The van der Waals surface area contributed by atoms with Gasteiger partial charge in [-0.25, -0.2) is 4.98 Å². The molecule has 140 valence electrons. The third-order valence-electron chi connectivity index (χ3n) is 3.96. The molecule has 0 aliphatic rings. The van der Waals surface area contributed by atoms with Gasteiger partial charge >= 0.3 is 5.97 Å². The second kappa shape index (κ2) is 9.48. The number of benzene rings is 1. The number of hydrogen-bond donors (Lipinski definition) is 0. The van der Waals surface area contributed by atoms with E-state index in [-0.39, 0.29) is 18.5 Å². The van der Waals surface area contributed by atoms with Crippen molar-refractivity contribution in [3.05, 3.63) is 40.9 Å². The molecule has 0 saturated carbocycles. The van der Waals surface area contributed by atoms with E-state index in [0.717, 1.165) is 18.5 Å². The number of carbonyl (C=O) groups is 2. The summed E-state index contributed by atoms with van der Waals surface area (Å²) in [6, 6.07) is 7.87. The molecule has 0 bridgehead atoms. The Kier molecular flexibility index (Phi) is 7.33. The molecule has 6 heteroatoms. The zero-order valence-corrected chi connectivity index (χ0v) is 16.6. The van der Waals surface area contributed by atoms with Gasteiger partial charge in [0.15, 0.2) is 5.13 Å². The minimum Gasteiger partial charge on any atom is -0.459 e. The van der Waals surface area contributed by atoms with Gasteiger partial charge in [0, 0.05) is 18.7 Å². The average molecular weight is 375 g/mol. The number of esters is 1. The Morgan fingerprint density at radius 2 is 1.92 bits per heavy atom. The molecule has 0 spiro atoms. The molecule has 1 aromatic carbocycles. The first-order valence-electron chi connectivity index (χ1n) is 8.90. The lowest BCUT2D eigenvalue weighted by Gasteiger charge is -2.18. The molecular weight excluding hydrogens is 348 g/mol. The number of nitrogens with zero attached hydrogens (tertiary/aromatic N) is 2. The highest BCUT2D eigenvalue weighted by molar-refractivity contribution is 7.14. The van der Waals surface area contributed by atoms with E-state index >= 15 is 0 Å². The van der Waals surface area contributed by atoms with Crippen molar-refractivity contribution in [2.24, 2.45) is 5.92 Å². The van der Waals surface area contributed by atoms with Gasteiger partial charge in [-0.05, 0) is 36.5 Å². The Morgan fingerprint density at radius 3 is 2.50 bits per heavy atom. The van der Waals surface area contributed by atoms with Gasteiger partial charge in [-0.1, -0.05) is 32.9 Å². The molecule has 1 aromatic heterocycles. The number of rotatable bonds is 8. The molecule has 2 rings (SSSR count). The van der Waals surface area contributed by atoms with Crippen LogP contribution in [-0.4, -0.2) is 16.9 Å². The predicted octanol–water partition coefficient (Wildman–Crippen LogP) is 4.87. The van der Waals surface area contributed by atoms with Crippen LogP contribution in [0.5, 0.6) is 0 Å². The fourth-order valence-electron chi connectivity index (χ4n) is 2.41. The SMILES string of the molecule is CCc1ccc(N(C(C)=O)c2nc(COC(=O)CCC(C)C)cs2)cc1. The Labute approximate surface area is 159 Å². The van der Waals surface area contributed by atoms with E-state index < -0.39 is 0 Å². The van der Waals surface area contributed by atoms with Crippen LogP contribution >= 0.6 is 11.3 Å². The molecule has 0 fully saturated rings. The van der Waals surface area contributed by atoms with Gasteiger partial charge in [-0.2, -0.15) is 0 Å². The topological polar surface area (TPSA) is 59.5 Å². The van der Waals surface area contributed by atoms with Crippen LogP contribution in [-0.2, 0) is 27.4 Å². The number of hydrogen-bond acceptors (Lipinski definition) is 5. The van der Waals surface area contributed by atoms with Crippen molar-refractivity contribution in [2.75, 3.05) is 4.90 Å². The fourth-order valence-corrected chi connectivity index (χ4v) is 3.28. The molecule has 0 aliphatic carbocycles. The normalized spacial score (nSPS) is 10.8. The maximum absolute atomic E-state index is 12.1. The number of anilines is 2. The van der Waals surface area contributed by atoms with Crippen LogP contribution in [0.3, 0.4) is 0 Å². The summed E-state index contributed by atoms with van der Waals surface area (Å²) in [6.07, 6.45) is 2.18. The van der Waals surface area contributed by atoms with E-state index in [1.54, 1.807) is 4.90 Å². The molecule has 1 heterocycles. The molecule has 0 radical (unpaired) electrons. The lowest BCUT2D eigenvalue weighted by atomic mass is 10.1. The standard InChI is InChI=1S/C20H26N2O3S/c1-5-16-7-9-18(10-8-16)22(15(4)23)20-21-17(13-26-20)12-25-19(24)11-6-14(2)3/h7-10,13-14H,5-6,11-12H2,1-4H3. The van der Waals surface area contributed by atoms with Gasteiger partial charge in [0.2, 0.25) is 5.91 Å². The minimum atomic E-state index is -0.216. The number of amides is 1. The molecule has 0 N–H and O–H groups in total. The summed E-state index contributed by atoms with van der Waals surface area (Å²) in [6.45, 7) is 7.88. The van der Waals surface area contributed by atoms with Crippen LogP contribution < -0.4 is 4.90 Å². The van der Waals surface area contributed by atoms with E-state index in [0.29, 0.717) is 23.2 Å². The third-order valence-corrected chi connectivity index (χ3v) is 4.83. The molecule has 2 aromatic rings. The number of aromatic nitrogens is 1. The number of ether oxygens (including phenoxy) is 1. The van der Waals surface area contributed by atoms with Gasteiger partial charge < -0.3 is 4.74 Å². The second-order valence-electron chi connectivity index (χ2n) is 6.59. The summed E-state index contributed by atoms with van der Waals surface area (Å²) in [7, 11) is 0. The first kappa shape index (κ1) is 20.1. The Balaban J connectivity index is 2.04. The smallest absolute Gasteiger partial charge is 0.306 e. The van der Waals surface area contributed by atoms with Crippen molar-refractivity contribution in [3.63, 3.8) is 0 Å². The maximum atomic E-state index is 12.1. The maximum Gasteiger partial charge on any atom is 0.306 e. The van der Waals surface area contributed by atoms with Crippen LogP contribution in [0, 0.1) is 5.92 Å². The van der Waals surface area contributed by atoms with Crippen LogP contribution in [0.15, 0.2) is 29.6 Å². The van der Waals surface area contributed by atoms with Crippen LogP contribution in [0.1, 0.15) is 51.8 Å². The Hall–Kier alpha value is -2.21. The highest BCUT2D eigenvalue weighted by atomic mass is 32.1. The lowest BCUT2D eigenvalue weighted by Crippen LogP contribution is -2.22. The molecule has 26 heavy (non-hydrogen) atoms. The Bertz CT molecular complexity index is 738. The van der Waals surface area contributed by atoms with Gasteiger partial charge in [-0.3, -0.25) is 14.5 Å². The average Bonchev–Trinajstić information content (AvgIpc) is 3.07. The first-order chi connectivity index (χ1) is 12.4. The van der Waals surface area contributed by atoms with Gasteiger partial charge in [0.05, 0.1) is 11.4 Å². The van der Waals surface area contributed by atoms with Crippen molar-refractivity contribution >= 4 is 34.0 Å². The van der Waals surface area contributed by atoms with E-state index in [1.807, 2.05) is 29.6 Å². The molecule has 0 unspecified atom stereocenters. The summed E-state index contributed by atoms with van der Waals surface area (Å²) in [5.74, 6) is 0.146. The van der Waals surface area contributed by atoms with Gasteiger partial charge in [-0.15, -0.1) is 11.3 Å². The van der Waals surface area contributed by atoms with Crippen molar-refractivity contribution in [1.82, 2.24) is 4.98 Å². The summed E-state index contributed by atoms with van der Waals surface area (Å²) < 4.78 is 5.27. The molecule has 0 saturated heterocycles. The molecular formula is C20H26N2O3S. The Morgan fingerprint density at radius 1 is 1.23 bits per heavy atom. The van der Waals surface area contributed by atoms with Crippen LogP contribution in [0.25, 0.3) is 0 Å². The van der Waals surface area contributed by atoms with Crippen LogP contribution in [0.4, 0.5) is 10.8 Å². The van der Waals surface area contributed by atoms with Crippen molar-refractivity contribution in [2.45, 2.75) is 53.6 Å². The van der Waals surface area contributed by atoms with Gasteiger partial charge in [0.1, 0.15) is 6.61 Å². The first-order valence-corrected chi connectivity index (χ1v) is 9.78. The summed E-state index contributed by atoms with van der Waals surface area (Å²) in [5, 5.41) is 2.40. The molecule has 5 nitrogen and oxygen atoms in total. The van der Waals surface area contributed by atoms with Crippen molar-refractivity contribution in [1.29, 1.82) is 0 Å². The largest absolute Gasteiger partial charge is 0.459 e. The van der Waals surface area contributed by atoms with Crippen molar-refractivity contribution in [3.8, 4) is 0 Å². The van der Waals surface area contributed by atoms with E-state index in [1.165, 1.54) is 23.8 Å². The zero-order valence-electron chi connectivity index (χ0n) is 15.8. The van der Waals surface area contributed by atoms with Crippen molar-refractivity contribution < 1.29 is 14.3 Å².